The monoisotopic (exact) mass is 339 g/mol. The number of hydrogen-bond donors (Lipinski definition) is 2. The van der Waals surface area contributed by atoms with Crippen molar-refractivity contribution in [3.8, 4) is 0 Å². The van der Waals surface area contributed by atoms with Crippen molar-refractivity contribution in [2.24, 2.45) is 0 Å². The minimum Gasteiger partial charge on any atom is -0.388 e. The molecule has 0 aliphatic carbocycles. The number of pyridine rings is 1. The topological polar surface area (TPSA) is 65.5 Å². The van der Waals surface area contributed by atoms with Crippen LogP contribution in [0.25, 0.3) is 0 Å². The zero-order valence-electron chi connectivity index (χ0n) is 14.7. The Morgan fingerprint density at radius 1 is 1.32 bits per heavy atom. The lowest BCUT2D eigenvalue weighted by Crippen LogP contribution is -2.62. The molecular weight excluding hydrogens is 314 g/mol. The van der Waals surface area contributed by atoms with E-state index in [1.807, 2.05) is 37.4 Å². The number of hydrogen-bond acceptors (Lipinski definition) is 4. The molecule has 2 aromatic rings. The average Bonchev–Trinajstić information content (AvgIpc) is 2.59. The minimum atomic E-state index is -0.961. The lowest BCUT2D eigenvalue weighted by Gasteiger charge is -2.49. The van der Waals surface area contributed by atoms with Crippen LogP contribution in [0.2, 0.25) is 0 Å². The third kappa shape index (κ3) is 4.06. The van der Waals surface area contributed by atoms with Crippen LogP contribution < -0.4 is 5.32 Å². The van der Waals surface area contributed by atoms with Crippen LogP contribution in [-0.2, 0) is 11.3 Å². The maximum atomic E-state index is 11.8. The van der Waals surface area contributed by atoms with Crippen LogP contribution in [0, 0.1) is 0 Å². The fourth-order valence-electron chi connectivity index (χ4n) is 3.63. The van der Waals surface area contributed by atoms with E-state index in [1.54, 1.807) is 6.20 Å². The van der Waals surface area contributed by atoms with E-state index in [-0.39, 0.29) is 18.0 Å². The maximum absolute atomic E-state index is 11.8. The van der Waals surface area contributed by atoms with Crippen LogP contribution in [0.4, 0.5) is 0 Å². The summed E-state index contributed by atoms with van der Waals surface area (Å²) in [6, 6.07) is 13.6. The Morgan fingerprint density at radius 3 is 2.72 bits per heavy atom. The third-order valence-corrected chi connectivity index (χ3v) is 4.89. The van der Waals surface area contributed by atoms with Gasteiger partial charge in [0.2, 0.25) is 5.91 Å². The quantitative estimate of drug-likeness (QED) is 0.897. The highest BCUT2D eigenvalue weighted by atomic mass is 16.3. The standard InChI is InChI=1S/C20H25N3O2/c1-15(24)22-19-18(17-8-4-3-5-9-17)23(12-10-20(19,2)25)14-16-7-6-11-21-13-16/h3-9,11,13,18-19,25H,10,12,14H2,1-2H3,(H,22,24)/t18-,19-,20+/m0/s1. The van der Waals surface area contributed by atoms with Gasteiger partial charge in [0.05, 0.1) is 17.7 Å². The second-order valence-electron chi connectivity index (χ2n) is 6.97. The number of aromatic nitrogens is 1. The Bertz CT molecular complexity index is 703. The van der Waals surface area contributed by atoms with Crippen LogP contribution in [-0.4, -0.2) is 39.1 Å². The molecule has 3 rings (SSSR count). The van der Waals surface area contributed by atoms with Crippen molar-refractivity contribution < 1.29 is 9.90 Å². The fraction of sp³-hybridized carbons (Fsp3) is 0.400. The van der Waals surface area contributed by atoms with Gasteiger partial charge in [-0.05, 0) is 30.5 Å². The Kier molecular flexibility index (Phi) is 5.16. The van der Waals surface area contributed by atoms with Gasteiger partial charge in [0.15, 0.2) is 0 Å². The van der Waals surface area contributed by atoms with Crippen LogP contribution in [0.15, 0.2) is 54.9 Å². The molecular formula is C20H25N3O2. The molecule has 2 N–H and O–H groups in total. The van der Waals surface area contributed by atoms with Crippen molar-refractivity contribution in [2.45, 2.75) is 44.5 Å². The summed E-state index contributed by atoms with van der Waals surface area (Å²) < 4.78 is 0. The first-order valence-corrected chi connectivity index (χ1v) is 8.65. The summed E-state index contributed by atoms with van der Waals surface area (Å²) in [5.74, 6) is -0.130. The Hall–Kier alpha value is -2.24. The largest absolute Gasteiger partial charge is 0.388 e. The molecule has 1 saturated heterocycles. The lowest BCUT2D eigenvalue weighted by molar-refractivity contribution is -0.126. The number of amides is 1. The smallest absolute Gasteiger partial charge is 0.217 e. The molecule has 2 heterocycles. The molecule has 5 heteroatoms. The fourth-order valence-corrected chi connectivity index (χ4v) is 3.63. The first-order valence-electron chi connectivity index (χ1n) is 8.65. The molecule has 3 atom stereocenters. The van der Waals surface area contributed by atoms with Crippen LogP contribution in [0.3, 0.4) is 0 Å². The summed E-state index contributed by atoms with van der Waals surface area (Å²) in [5.41, 5.74) is 1.24. The van der Waals surface area contributed by atoms with Crippen LogP contribution in [0.5, 0.6) is 0 Å². The van der Waals surface area contributed by atoms with Gasteiger partial charge in [-0.3, -0.25) is 14.7 Å². The maximum Gasteiger partial charge on any atom is 0.217 e. The van der Waals surface area contributed by atoms with Crippen molar-refractivity contribution in [3.63, 3.8) is 0 Å². The van der Waals surface area contributed by atoms with Crippen molar-refractivity contribution >= 4 is 5.91 Å². The summed E-state index contributed by atoms with van der Waals surface area (Å²) >= 11 is 0. The number of aliphatic hydroxyl groups is 1. The zero-order chi connectivity index (χ0) is 17.9. The molecule has 25 heavy (non-hydrogen) atoms. The summed E-state index contributed by atoms with van der Waals surface area (Å²) in [5, 5.41) is 13.9. The van der Waals surface area contributed by atoms with E-state index in [9.17, 15) is 9.90 Å². The van der Waals surface area contributed by atoms with Crippen molar-refractivity contribution in [1.82, 2.24) is 15.2 Å². The molecule has 1 aromatic heterocycles. The average molecular weight is 339 g/mol. The number of rotatable bonds is 4. The summed E-state index contributed by atoms with van der Waals surface area (Å²) in [7, 11) is 0. The van der Waals surface area contributed by atoms with Gasteiger partial charge in [-0.25, -0.2) is 0 Å². The number of piperidine rings is 1. The van der Waals surface area contributed by atoms with Gasteiger partial charge < -0.3 is 10.4 Å². The summed E-state index contributed by atoms with van der Waals surface area (Å²) in [4.78, 5) is 18.3. The van der Waals surface area contributed by atoms with Crippen LogP contribution >= 0.6 is 0 Å². The second kappa shape index (κ2) is 7.33. The molecule has 1 aromatic carbocycles. The molecule has 0 spiro atoms. The van der Waals surface area contributed by atoms with Gasteiger partial charge in [0.1, 0.15) is 0 Å². The predicted molar refractivity (Wildman–Crippen MR) is 96.7 cm³/mol. The lowest BCUT2D eigenvalue weighted by atomic mass is 9.79. The molecule has 0 unspecified atom stereocenters. The van der Waals surface area contributed by atoms with Gasteiger partial charge in [-0.15, -0.1) is 0 Å². The zero-order valence-corrected chi connectivity index (χ0v) is 14.7. The normalized spacial score (nSPS) is 27.0. The number of nitrogens with one attached hydrogen (secondary N) is 1. The van der Waals surface area contributed by atoms with E-state index in [1.165, 1.54) is 6.92 Å². The van der Waals surface area contributed by atoms with Crippen LogP contribution in [0.1, 0.15) is 37.4 Å². The van der Waals surface area contributed by atoms with E-state index in [0.717, 1.165) is 24.2 Å². The molecule has 1 aliphatic rings. The van der Waals surface area contributed by atoms with Gasteiger partial charge in [-0.1, -0.05) is 36.4 Å². The van der Waals surface area contributed by atoms with Crippen molar-refractivity contribution in [1.29, 1.82) is 0 Å². The number of carbonyl (C=O) groups excluding carboxylic acids is 1. The van der Waals surface area contributed by atoms with Gasteiger partial charge in [0, 0.05) is 32.4 Å². The van der Waals surface area contributed by atoms with Gasteiger partial charge in [0.25, 0.3) is 0 Å². The number of carbonyl (C=O) groups is 1. The number of likely N-dealkylation sites (tertiary alicyclic amines) is 1. The molecule has 5 nitrogen and oxygen atoms in total. The highest BCUT2D eigenvalue weighted by molar-refractivity contribution is 5.73. The molecule has 1 amide bonds. The summed E-state index contributed by atoms with van der Waals surface area (Å²) in [6.45, 7) is 4.78. The highest BCUT2D eigenvalue weighted by Gasteiger charge is 2.45. The Balaban J connectivity index is 1.97. The van der Waals surface area contributed by atoms with E-state index in [2.05, 4.69) is 33.4 Å². The SMILES string of the molecule is CC(=O)N[C@H]1[C@H](c2ccccc2)N(Cc2cccnc2)CC[C@@]1(C)O. The minimum absolute atomic E-state index is 0.103. The first kappa shape index (κ1) is 17.6. The Labute approximate surface area is 148 Å². The molecule has 1 aliphatic heterocycles. The van der Waals surface area contributed by atoms with Gasteiger partial charge in [-0.2, -0.15) is 0 Å². The van der Waals surface area contributed by atoms with E-state index >= 15 is 0 Å². The summed E-state index contributed by atoms with van der Waals surface area (Å²) in [6.07, 6.45) is 4.23. The van der Waals surface area contributed by atoms with Crippen molar-refractivity contribution in [3.05, 3.63) is 66.0 Å². The Morgan fingerprint density at radius 2 is 2.08 bits per heavy atom. The third-order valence-electron chi connectivity index (χ3n) is 4.89. The first-order chi connectivity index (χ1) is 12.0. The molecule has 132 valence electrons. The van der Waals surface area contributed by atoms with Gasteiger partial charge >= 0.3 is 0 Å². The molecule has 1 fully saturated rings. The molecule has 0 saturated carbocycles. The second-order valence-corrected chi connectivity index (χ2v) is 6.97. The number of benzene rings is 1. The molecule has 0 radical (unpaired) electrons. The van der Waals surface area contributed by atoms with E-state index in [0.29, 0.717) is 6.42 Å². The van der Waals surface area contributed by atoms with E-state index < -0.39 is 5.60 Å². The van der Waals surface area contributed by atoms with E-state index in [4.69, 9.17) is 0 Å². The highest BCUT2D eigenvalue weighted by Crippen LogP contribution is 2.37. The predicted octanol–water partition coefficient (Wildman–Crippen LogP) is 2.28. The number of nitrogens with zero attached hydrogens (tertiary/aromatic N) is 2. The van der Waals surface area contributed by atoms with Crippen molar-refractivity contribution in [2.75, 3.05) is 6.54 Å². The molecule has 0 bridgehead atoms.